The first-order valence-electron chi connectivity index (χ1n) is 13.1. The molecule has 0 saturated heterocycles. The predicted molar refractivity (Wildman–Crippen MR) is 156 cm³/mol. The summed E-state index contributed by atoms with van der Waals surface area (Å²) in [5, 5.41) is 3.18. The van der Waals surface area contributed by atoms with Crippen LogP contribution in [0.15, 0.2) is 89.8 Å². The number of benzene rings is 3. The van der Waals surface area contributed by atoms with E-state index in [1.807, 2.05) is 51.1 Å². The summed E-state index contributed by atoms with van der Waals surface area (Å²) in [6.07, 6.45) is 1.63. The number of hydrogen-bond acceptors (Lipinski definition) is 4. The standard InChI is InChI=1S/C30H36ClN3O4S/c1-4-23(3)32-30(36)27(5-2)33(21-20-24-14-8-6-9-15-24)29(35)22-34(28-19-13-12-18-26(28)31)39(37,38)25-16-10-7-11-17-25/h6-19,23,27H,4-5,20-22H2,1-3H3,(H,32,36)/t23-,27+/m1/s1. The van der Waals surface area contributed by atoms with Gasteiger partial charge in [0.2, 0.25) is 11.8 Å². The van der Waals surface area contributed by atoms with Crippen molar-refractivity contribution in [3.05, 3.63) is 95.5 Å². The van der Waals surface area contributed by atoms with Crippen LogP contribution in [0.3, 0.4) is 0 Å². The molecule has 1 N–H and O–H groups in total. The molecule has 7 nitrogen and oxygen atoms in total. The van der Waals surface area contributed by atoms with Gasteiger partial charge in [0.1, 0.15) is 12.6 Å². The molecule has 0 aromatic heterocycles. The Bertz CT molecular complexity index is 1340. The van der Waals surface area contributed by atoms with Gasteiger partial charge in [-0.1, -0.05) is 86.1 Å². The van der Waals surface area contributed by atoms with Crippen LogP contribution in [-0.2, 0) is 26.0 Å². The molecular formula is C30H36ClN3O4S. The molecule has 0 radical (unpaired) electrons. The lowest BCUT2D eigenvalue weighted by atomic mass is 10.1. The quantitative estimate of drug-likeness (QED) is 0.303. The van der Waals surface area contributed by atoms with Crippen LogP contribution in [0.5, 0.6) is 0 Å². The van der Waals surface area contributed by atoms with Crippen molar-refractivity contribution in [2.45, 2.75) is 57.0 Å². The van der Waals surface area contributed by atoms with Crippen molar-refractivity contribution in [1.82, 2.24) is 10.2 Å². The minimum absolute atomic E-state index is 0.0371. The zero-order valence-corrected chi connectivity index (χ0v) is 24.2. The van der Waals surface area contributed by atoms with E-state index in [9.17, 15) is 18.0 Å². The van der Waals surface area contributed by atoms with Gasteiger partial charge in [0.15, 0.2) is 0 Å². The molecule has 2 atom stereocenters. The molecule has 3 aromatic rings. The van der Waals surface area contributed by atoms with E-state index in [1.54, 1.807) is 42.5 Å². The smallest absolute Gasteiger partial charge is 0.264 e. The summed E-state index contributed by atoms with van der Waals surface area (Å²) in [7, 11) is -4.15. The SMILES string of the molecule is CC[C@@H](C)NC(=O)[C@H](CC)N(CCc1ccccc1)C(=O)CN(c1ccccc1Cl)S(=O)(=O)c1ccccc1. The predicted octanol–water partition coefficient (Wildman–Crippen LogP) is 5.30. The lowest BCUT2D eigenvalue weighted by molar-refractivity contribution is -0.139. The van der Waals surface area contributed by atoms with Crippen LogP contribution in [-0.4, -0.2) is 50.3 Å². The van der Waals surface area contributed by atoms with E-state index in [1.165, 1.54) is 17.0 Å². The Labute approximate surface area is 236 Å². The van der Waals surface area contributed by atoms with Crippen LogP contribution in [0.1, 0.15) is 39.2 Å². The number of nitrogens with one attached hydrogen (secondary N) is 1. The average Bonchev–Trinajstić information content (AvgIpc) is 2.95. The molecule has 9 heteroatoms. The van der Waals surface area contributed by atoms with Crippen LogP contribution < -0.4 is 9.62 Å². The fourth-order valence-electron chi connectivity index (χ4n) is 4.22. The van der Waals surface area contributed by atoms with E-state index >= 15 is 0 Å². The normalized spacial score (nSPS) is 12.8. The minimum atomic E-state index is -4.15. The van der Waals surface area contributed by atoms with Crippen LogP contribution in [0.25, 0.3) is 0 Å². The molecule has 0 heterocycles. The number of halogens is 1. The summed E-state index contributed by atoms with van der Waals surface area (Å²) in [5.74, 6) is -0.750. The third-order valence-electron chi connectivity index (χ3n) is 6.60. The number of sulfonamides is 1. The number of rotatable bonds is 13. The van der Waals surface area contributed by atoms with Gasteiger partial charge in [0, 0.05) is 12.6 Å². The van der Waals surface area contributed by atoms with Gasteiger partial charge in [-0.25, -0.2) is 8.42 Å². The number of para-hydroxylation sites is 1. The van der Waals surface area contributed by atoms with Crippen molar-refractivity contribution in [2.24, 2.45) is 0 Å². The molecule has 3 aromatic carbocycles. The molecule has 0 spiro atoms. The zero-order valence-electron chi connectivity index (χ0n) is 22.6. The zero-order chi connectivity index (χ0) is 28.4. The summed E-state index contributed by atoms with van der Waals surface area (Å²) < 4.78 is 28.6. The summed E-state index contributed by atoms with van der Waals surface area (Å²) >= 11 is 6.44. The maximum absolute atomic E-state index is 14.0. The Morgan fingerprint density at radius 3 is 2.05 bits per heavy atom. The van der Waals surface area contributed by atoms with Crippen LogP contribution in [0.4, 0.5) is 5.69 Å². The van der Waals surface area contributed by atoms with Crippen molar-refractivity contribution in [1.29, 1.82) is 0 Å². The highest BCUT2D eigenvalue weighted by Crippen LogP contribution is 2.30. The maximum Gasteiger partial charge on any atom is 0.264 e. The van der Waals surface area contributed by atoms with Gasteiger partial charge >= 0.3 is 0 Å². The van der Waals surface area contributed by atoms with Gasteiger partial charge in [-0.05, 0) is 56.0 Å². The molecule has 2 amide bonds. The summed E-state index contributed by atoms with van der Waals surface area (Å²) in [6.45, 7) is 5.46. The highest BCUT2D eigenvalue weighted by Gasteiger charge is 2.34. The first kappa shape index (κ1) is 30.2. The summed E-state index contributed by atoms with van der Waals surface area (Å²) in [5.41, 5.74) is 1.20. The van der Waals surface area contributed by atoms with Crippen molar-refractivity contribution >= 4 is 39.1 Å². The second-order valence-corrected chi connectivity index (χ2v) is 11.6. The van der Waals surface area contributed by atoms with E-state index < -0.39 is 28.5 Å². The molecule has 0 aliphatic rings. The highest BCUT2D eigenvalue weighted by molar-refractivity contribution is 7.92. The van der Waals surface area contributed by atoms with Crippen molar-refractivity contribution < 1.29 is 18.0 Å². The van der Waals surface area contributed by atoms with Gasteiger partial charge in [-0.3, -0.25) is 13.9 Å². The van der Waals surface area contributed by atoms with Gasteiger partial charge in [0.25, 0.3) is 10.0 Å². The first-order chi connectivity index (χ1) is 18.7. The third kappa shape index (κ3) is 7.83. The van der Waals surface area contributed by atoms with E-state index in [0.717, 1.165) is 16.3 Å². The van der Waals surface area contributed by atoms with E-state index in [2.05, 4.69) is 5.32 Å². The number of nitrogens with zero attached hydrogens (tertiary/aromatic N) is 2. The van der Waals surface area contributed by atoms with E-state index in [0.29, 0.717) is 12.8 Å². The minimum Gasteiger partial charge on any atom is -0.352 e. The number of hydrogen-bond donors (Lipinski definition) is 1. The Balaban J connectivity index is 2.00. The number of carbonyl (C=O) groups is 2. The first-order valence-corrected chi connectivity index (χ1v) is 15.0. The summed E-state index contributed by atoms with van der Waals surface area (Å²) in [4.78, 5) is 28.8. The van der Waals surface area contributed by atoms with Gasteiger partial charge < -0.3 is 10.2 Å². The molecule has 3 rings (SSSR count). The van der Waals surface area contributed by atoms with Gasteiger partial charge in [0.05, 0.1) is 15.6 Å². The van der Waals surface area contributed by atoms with Gasteiger partial charge in [-0.2, -0.15) is 0 Å². The Morgan fingerprint density at radius 2 is 1.46 bits per heavy atom. The molecule has 0 unspecified atom stereocenters. The Morgan fingerprint density at radius 1 is 0.872 bits per heavy atom. The molecule has 0 fully saturated rings. The van der Waals surface area contributed by atoms with Crippen LogP contribution in [0, 0.1) is 0 Å². The lowest BCUT2D eigenvalue weighted by Crippen LogP contribution is -2.54. The number of anilines is 1. The Kier molecular flexibility index (Phi) is 10.9. The van der Waals surface area contributed by atoms with Gasteiger partial charge in [-0.15, -0.1) is 0 Å². The van der Waals surface area contributed by atoms with Crippen molar-refractivity contribution in [2.75, 3.05) is 17.4 Å². The van der Waals surface area contributed by atoms with E-state index in [-0.39, 0.29) is 34.1 Å². The largest absolute Gasteiger partial charge is 0.352 e. The van der Waals surface area contributed by atoms with E-state index in [4.69, 9.17) is 11.6 Å². The van der Waals surface area contributed by atoms with Crippen LogP contribution in [0.2, 0.25) is 5.02 Å². The molecule has 0 aliphatic heterocycles. The molecular weight excluding hydrogens is 534 g/mol. The molecule has 0 aliphatic carbocycles. The fraction of sp³-hybridized carbons (Fsp3) is 0.333. The number of amides is 2. The molecule has 0 saturated carbocycles. The molecule has 0 bridgehead atoms. The Hall–Kier alpha value is -3.36. The van der Waals surface area contributed by atoms with Crippen LogP contribution >= 0.6 is 11.6 Å². The average molecular weight is 570 g/mol. The fourth-order valence-corrected chi connectivity index (χ4v) is 5.97. The molecule has 39 heavy (non-hydrogen) atoms. The highest BCUT2D eigenvalue weighted by atomic mass is 35.5. The maximum atomic E-state index is 14.0. The van der Waals surface area contributed by atoms with Crippen molar-refractivity contribution in [3.63, 3.8) is 0 Å². The monoisotopic (exact) mass is 569 g/mol. The third-order valence-corrected chi connectivity index (χ3v) is 8.70. The summed E-state index contributed by atoms with van der Waals surface area (Å²) in [6, 6.07) is 23.3. The number of carbonyl (C=O) groups excluding carboxylic acids is 2. The second kappa shape index (κ2) is 14.1. The second-order valence-electron chi connectivity index (χ2n) is 9.34. The van der Waals surface area contributed by atoms with Crippen molar-refractivity contribution in [3.8, 4) is 0 Å². The molecule has 208 valence electrons. The lowest BCUT2D eigenvalue weighted by Gasteiger charge is -2.34. The topological polar surface area (TPSA) is 86.8 Å².